The first-order valence-electron chi connectivity index (χ1n) is 10.5. The molecule has 162 valence electrons. The molecule has 5 rings (SSSR count). The third kappa shape index (κ3) is 3.05. The summed E-state index contributed by atoms with van der Waals surface area (Å²) in [7, 11) is 1.92. The standard InChI is InChI=1S/C23H22N6O3/c1-3-27-22(31)15-8-4-7-11-18(15)29(23(27)32)14-19(30)28-13-12-26(2)20-21(28)25-17-10-6-5-9-16(17)24-20/h4-11H,3,12-14H2,1-2H3. The van der Waals surface area contributed by atoms with E-state index in [4.69, 9.17) is 9.97 Å². The van der Waals surface area contributed by atoms with Crippen molar-refractivity contribution < 1.29 is 4.79 Å². The molecule has 0 radical (unpaired) electrons. The van der Waals surface area contributed by atoms with Crippen molar-refractivity contribution in [1.82, 2.24) is 19.1 Å². The number of anilines is 2. The molecule has 0 atom stereocenters. The lowest BCUT2D eigenvalue weighted by Crippen LogP contribution is -2.47. The molecular formula is C23H22N6O3. The van der Waals surface area contributed by atoms with Gasteiger partial charge in [0, 0.05) is 26.7 Å². The maximum absolute atomic E-state index is 13.4. The van der Waals surface area contributed by atoms with Crippen LogP contribution < -0.4 is 21.0 Å². The fourth-order valence-corrected chi connectivity index (χ4v) is 4.15. The maximum atomic E-state index is 13.4. The molecule has 9 nitrogen and oxygen atoms in total. The van der Waals surface area contributed by atoms with Crippen molar-refractivity contribution in [2.75, 3.05) is 29.9 Å². The van der Waals surface area contributed by atoms with E-state index in [0.717, 1.165) is 10.1 Å². The Kier molecular flexibility index (Phi) is 4.73. The van der Waals surface area contributed by atoms with Crippen LogP contribution in [0, 0.1) is 0 Å². The van der Waals surface area contributed by atoms with E-state index in [1.807, 2.05) is 36.2 Å². The van der Waals surface area contributed by atoms with Crippen molar-refractivity contribution >= 4 is 39.5 Å². The maximum Gasteiger partial charge on any atom is 0.331 e. The van der Waals surface area contributed by atoms with Gasteiger partial charge in [0.05, 0.1) is 21.9 Å². The van der Waals surface area contributed by atoms with Crippen molar-refractivity contribution in [1.29, 1.82) is 0 Å². The Labute approximate surface area is 183 Å². The van der Waals surface area contributed by atoms with Gasteiger partial charge in [-0.1, -0.05) is 24.3 Å². The van der Waals surface area contributed by atoms with E-state index < -0.39 is 5.69 Å². The zero-order chi connectivity index (χ0) is 22.4. The Bertz CT molecular complexity index is 1490. The van der Waals surface area contributed by atoms with Crippen molar-refractivity contribution in [3.05, 3.63) is 69.4 Å². The van der Waals surface area contributed by atoms with Gasteiger partial charge in [-0.05, 0) is 31.2 Å². The van der Waals surface area contributed by atoms with E-state index in [2.05, 4.69) is 0 Å². The van der Waals surface area contributed by atoms with E-state index in [-0.39, 0.29) is 24.6 Å². The summed E-state index contributed by atoms with van der Waals surface area (Å²) >= 11 is 0. The summed E-state index contributed by atoms with van der Waals surface area (Å²) in [6, 6.07) is 14.4. The summed E-state index contributed by atoms with van der Waals surface area (Å²) < 4.78 is 2.52. The SMILES string of the molecule is CCn1c(=O)c2ccccc2n(CC(=O)N2CCN(C)c3nc4ccccc4nc32)c1=O. The zero-order valence-corrected chi connectivity index (χ0v) is 17.9. The van der Waals surface area contributed by atoms with Gasteiger partial charge in [0.1, 0.15) is 6.54 Å². The molecule has 0 saturated carbocycles. The van der Waals surface area contributed by atoms with Crippen molar-refractivity contribution in [2.24, 2.45) is 0 Å². The third-order valence-corrected chi connectivity index (χ3v) is 5.85. The highest BCUT2D eigenvalue weighted by Crippen LogP contribution is 2.30. The summed E-state index contributed by atoms with van der Waals surface area (Å²) in [5.74, 6) is 0.820. The molecule has 2 aromatic carbocycles. The molecule has 0 aliphatic carbocycles. The molecule has 9 heteroatoms. The molecule has 2 aromatic heterocycles. The summed E-state index contributed by atoms with van der Waals surface area (Å²) in [6.07, 6.45) is 0. The molecule has 1 aliphatic rings. The summed E-state index contributed by atoms with van der Waals surface area (Å²) in [5.41, 5.74) is 1.05. The van der Waals surface area contributed by atoms with Crippen LogP contribution in [0.3, 0.4) is 0 Å². The average molecular weight is 430 g/mol. The lowest BCUT2D eigenvalue weighted by molar-refractivity contribution is -0.119. The van der Waals surface area contributed by atoms with Crippen LogP contribution in [0.15, 0.2) is 58.1 Å². The van der Waals surface area contributed by atoms with Gasteiger partial charge in [-0.2, -0.15) is 0 Å². The Morgan fingerprint density at radius 3 is 2.28 bits per heavy atom. The van der Waals surface area contributed by atoms with Crippen molar-refractivity contribution in [3.8, 4) is 0 Å². The molecule has 0 spiro atoms. The molecule has 0 fully saturated rings. The van der Waals surface area contributed by atoms with Gasteiger partial charge in [0.25, 0.3) is 5.56 Å². The van der Waals surface area contributed by atoms with Gasteiger partial charge in [-0.3, -0.25) is 23.6 Å². The first-order valence-corrected chi connectivity index (χ1v) is 10.5. The molecule has 4 aromatic rings. The van der Waals surface area contributed by atoms with Crippen LogP contribution in [0.4, 0.5) is 11.6 Å². The first-order chi connectivity index (χ1) is 15.5. The zero-order valence-electron chi connectivity index (χ0n) is 17.9. The van der Waals surface area contributed by atoms with Crippen LogP contribution in [0.2, 0.25) is 0 Å². The monoisotopic (exact) mass is 430 g/mol. The minimum atomic E-state index is -0.497. The average Bonchev–Trinajstić information content (AvgIpc) is 2.81. The number of nitrogens with zero attached hydrogens (tertiary/aromatic N) is 6. The molecule has 0 unspecified atom stereocenters. The van der Waals surface area contributed by atoms with E-state index in [1.54, 1.807) is 36.1 Å². The Morgan fingerprint density at radius 2 is 1.56 bits per heavy atom. The minimum Gasteiger partial charge on any atom is -0.355 e. The number of likely N-dealkylation sites (N-methyl/N-ethyl adjacent to an activating group) is 1. The number of para-hydroxylation sites is 3. The molecule has 1 amide bonds. The molecule has 0 saturated heterocycles. The molecule has 32 heavy (non-hydrogen) atoms. The van der Waals surface area contributed by atoms with E-state index in [1.165, 1.54) is 4.57 Å². The van der Waals surface area contributed by atoms with Gasteiger partial charge >= 0.3 is 5.69 Å². The van der Waals surface area contributed by atoms with Crippen LogP contribution in [0.25, 0.3) is 21.9 Å². The lowest BCUT2D eigenvalue weighted by Gasteiger charge is -2.34. The van der Waals surface area contributed by atoms with Gasteiger partial charge in [-0.15, -0.1) is 0 Å². The molecule has 1 aliphatic heterocycles. The van der Waals surface area contributed by atoms with Gasteiger partial charge < -0.3 is 4.90 Å². The fraction of sp³-hybridized carbons (Fsp3) is 0.261. The topological polar surface area (TPSA) is 93.3 Å². The van der Waals surface area contributed by atoms with Gasteiger partial charge in [0.2, 0.25) is 5.91 Å². The number of carbonyl (C=O) groups is 1. The normalized spacial score (nSPS) is 13.6. The predicted octanol–water partition coefficient (Wildman–Crippen LogP) is 1.61. The summed E-state index contributed by atoms with van der Waals surface area (Å²) in [6.45, 7) is 2.79. The number of benzene rings is 2. The number of hydrogen-bond acceptors (Lipinski definition) is 6. The highest BCUT2D eigenvalue weighted by atomic mass is 16.2. The van der Waals surface area contributed by atoms with Crippen molar-refractivity contribution in [3.63, 3.8) is 0 Å². The summed E-state index contributed by atoms with van der Waals surface area (Å²) in [4.78, 5) is 52.1. The summed E-state index contributed by atoms with van der Waals surface area (Å²) in [5, 5.41) is 0.409. The molecule has 0 N–H and O–H groups in total. The van der Waals surface area contributed by atoms with E-state index >= 15 is 0 Å². The van der Waals surface area contributed by atoms with Crippen LogP contribution in [-0.4, -0.2) is 45.1 Å². The van der Waals surface area contributed by atoms with Crippen molar-refractivity contribution in [2.45, 2.75) is 20.0 Å². The largest absolute Gasteiger partial charge is 0.355 e. The fourth-order valence-electron chi connectivity index (χ4n) is 4.15. The van der Waals surface area contributed by atoms with Crippen LogP contribution in [0.5, 0.6) is 0 Å². The number of aromatic nitrogens is 4. The smallest absolute Gasteiger partial charge is 0.331 e. The number of fused-ring (bicyclic) bond motifs is 3. The van der Waals surface area contributed by atoms with E-state index in [0.29, 0.717) is 41.1 Å². The Morgan fingerprint density at radius 1 is 0.906 bits per heavy atom. The first kappa shape index (κ1) is 19.9. The minimum absolute atomic E-state index is 0.197. The Hall–Kier alpha value is -4.01. The van der Waals surface area contributed by atoms with Crippen LogP contribution >= 0.6 is 0 Å². The third-order valence-electron chi connectivity index (χ3n) is 5.85. The molecular weight excluding hydrogens is 408 g/mol. The van der Waals surface area contributed by atoms with Gasteiger partial charge in [-0.25, -0.2) is 14.8 Å². The molecule has 3 heterocycles. The molecule has 0 bridgehead atoms. The second-order valence-corrected chi connectivity index (χ2v) is 7.76. The number of amides is 1. The predicted molar refractivity (Wildman–Crippen MR) is 123 cm³/mol. The Balaban J connectivity index is 1.61. The van der Waals surface area contributed by atoms with Crippen LogP contribution in [-0.2, 0) is 17.9 Å². The quantitative estimate of drug-likeness (QED) is 0.490. The van der Waals surface area contributed by atoms with E-state index in [9.17, 15) is 14.4 Å². The number of hydrogen-bond donors (Lipinski definition) is 0. The number of rotatable bonds is 3. The van der Waals surface area contributed by atoms with Gasteiger partial charge in [0.15, 0.2) is 11.6 Å². The van der Waals surface area contributed by atoms with Crippen LogP contribution in [0.1, 0.15) is 6.92 Å². The second kappa shape index (κ2) is 7.60. The second-order valence-electron chi connectivity index (χ2n) is 7.76. The highest BCUT2D eigenvalue weighted by molar-refractivity contribution is 5.98. The lowest BCUT2D eigenvalue weighted by atomic mass is 10.2. The highest BCUT2D eigenvalue weighted by Gasteiger charge is 2.29. The number of carbonyl (C=O) groups excluding carboxylic acids is 1.